The first-order valence-electron chi connectivity index (χ1n) is 6.89. The summed E-state index contributed by atoms with van der Waals surface area (Å²) in [5.41, 5.74) is 5.07. The minimum atomic E-state index is -0.629. The lowest BCUT2D eigenvalue weighted by Gasteiger charge is -2.16. The van der Waals surface area contributed by atoms with E-state index in [1.54, 1.807) is 24.3 Å². The monoisotopic (exact) mass is 329 g/mol. The second kappa shape index (κ2) is 9.99. The van der Waals surface area contributed by atoms with Crippen LogP contribution < -0.4 is 16.2 Å². The van der Waals surface area contributed by atoms with Crippen LogP contribution in [0.5, 0.6) is 0 Å². The molecule has 0 atom stereocenters. The van der Waals surface area contributed by atoms with Gasteiger partial charge in [-0.25, -0.2) is 10.2 Å². The molecule has 0 aliphatic rings. The Balaban J connectivity index is 2.33. The Morgan fingerprint density at radius 2 is 1.68 bits per heavy atom. The number of carbonyl (C=O) groups excluding carboxylic acids is 2. The normalized spacial score (nSPS) is 10.4. The molecule has 0 heterocycles. The van der Waals surface area contributed by atoms with Gasteiger partial charge in [0.25, 0.3) is 0 Å². The second-order valence-corrected chi connectivity index (χ2v) is 4.61. The minimum absolute atomic E-state index is 0.0110. The van der Waals surface area contributed by atoms with Gasteiger partial charge in [0.15, 0.2) is 6.29 Å². The summed E-state index contributed by atoms with van der Waals surface area (Å²) < 4.78 is 10.5. The molecule has 0 saturated carbocycles. The van der Waals surface area contributed by atoms with Crippen molar-refractivity contribution in [3.8, 4) is 0 Å². The molecule has 3 N–H and O–H groups in total. The number of carbonyl (C=O) groups is 2. The molecule has 1 aromatic carbocycles. The van der Waals surface area contributed by atoms with Crippen LogP contribution in [0.3, 0.4) is 0 Å². The quantitative estimate of drug-likeness (QED) is 0.529. The van der Waals surface area contributed by atoms with Gasteiger partial charge in [-0.15, -0.1) is 0 Å². The molecule has 0 aliphatic carbocycles. The lowest BCUT2D eigenvalue weighted by Crippen LogP contribution is -2.45. The molecule has 8 heteroatoms. The van der Waals surface area contributed by atoms with E-state index in [2.05, 4.69) is 16.2 Å². The summed E-state index contributed by atoms with van der Waals surface area (Å²) in [7, 11) is 0. The molecule has 22 heavy (non-hydrogen) atoms. The lowest BCUT2D eigenvalue weighted by molar-refractivity contribution is -0.153. The molecule has 1 rings (SSSR count). The van der Waals surface area contributed by atoms with Crippen molar-refractivity contribution >= 4 is 29.2 Å². The second-order valence-electron chi connectivity index (χ2n) is 4.18. The lowest BCUT2D eigenvalue weighted by atomic mass is 10.3. The maximum Gasteiger partial charge on any atom is 0.337 e. The van der Waals surface area contributed by atoms with Crippen LogP contribution in [0.2, 0.25) is 5.02 Å². The molecule has 0 fully saturated rings. The van der Waals surface area contributed by atoms with Crippen LogP contribution in [-0.2, 0) is 14.3 Å². The molecule has 0 saturated heterocycles. The maximum absolute atomic E-state index is 11.7. The summed E-state index contributed by atoms with van der Waals surface area (Å²) in [6.45, 7) is 4.48. The number of hydrazine groups is 1. The molecular formula is C14H20ClN3O4. The average molecular weight is 330 g/mol. The number of rotatable bonds is 7. The molecule has 7 nitrogen and oxygen atoms in total. The molecule has 0 aromatic heterocycles. The number of hydrogen-bond acceptors (Lipinski definition) is 4. The number of urea groups is 1. The van der Waals surface area contributed by atoms with Gasteiger partial charge in [-0.1, -0.05) is 11.6 Å². The molecule has 0 unspecified atom stereocenters. The average Bonchev–Trinajstić information content (AvgIpc) is 2.48. The Hall–Kier alpha value is -1.83. The van der Waals surface area contributed by atoms with E-state index in [1.807, 2.05) is 13.8 Å². The van der Waals surface area contributed by atoms with Crippen molar-refractivity contribution in [1.29, 1.82) is 0 Å². The first-order chi connectivity index (χ1) is 10.5. The van der Waals surface area contributed by atoms with Crippen LogP contribution in [-0.4, -0.2) is 31.4 Å². The maximum atomic E-state index is 11.7. The molecule has 0 aliphatic heterocycles. The zero-order chi connectivity index (χ0) is 16.4. The minimum Gasteiger partial charge on any atom is -0.352 e. The molecule has 122 valence electrons. The van der Waals surface area contributed by atoms with Crippen molar-refractivity contribution in [3.63, 3.8) is 0 Å². The van der Waals surface area contributed by atoms with Crippen molar-refractivity contribution < 1.29 is 19.1 Å². The summed E-state index contributed by atoms with van der Waals surface area (Å²) in [5.74, 6) is -0.418. The van der Waals surface area contributed by atoms with Gasteiger partial charge in [0.2, 0.25) is 5.91 Å². The van der Waals surface area contributed by atoms with Crippen molar-refractivity contribution in [2.45, 2.75) is 26.6 Å². The third kappa shape index (κ3) is 7.26. The van der Waals surface area contributed by atoms with E-state index in [4.69, 9.17) is 21.1 Å². The molecule has 0 spiro atoms. The smallest absolute Gasteiger partial charge is 0.337 e. The third-order valence-corrected chi connectivity index (χ3v) is 2.73. The topological polar surface area (TPSA) is 88.7 Å². The largest absolute Gasteiger partial charge is 0.352 e. The fourth-order valence-electron chi connectivity index (χ4n) is 1.56. The van der Waals surface area contributed by atoms with Gasteiger partial charge >= 0.3 is 6.03 Å². The highest BCUT2D eigenvalue weighted by Crippen LogP contribution is 2.12. The van der Waals surface area contributed by atoms with E-state index in [1.165, 1.54) is 0 Å². The molecule has 0 bridgehead atoms. The first kappa shape index (κ1) is 18.2. The molecule has 3 amide bonds. The fraction of sp³-hybridized carbons (Fsp3) is 0.429. The predicted octanol–water partition coefficient (Wildman–Crippen LogP) is 2.28. The third-order valence-electron chi connectivity index (χ3n) is 2.47. The standard InChI is InChI=1S/C14H20ClN3O4/c1-3-21-13(22-4-2)9-12(19)17-18-14(20)16-11-7-5-10(15)6-8-11/h5-8,13H,3-4,9H2,1-2H3,(H,17,19)(H2,16,18,20). The van der Waals surface area contributed by atoms with Crippen LogP contribution in [0, 0.1) is 0 Å². The van der Waals surface area contributed by atoms with Crippen LogP contribution in [0.4, 0.5) is 10.5 Å². The van der Waals surface area contributed by atoms with Gasteiger partial charge in [-0.05, 0) is 38.1 Å². The van der Waals surface area contributed by atoms with Crippen LogP contribution in [0.1, 0.15) is 20.3 Å². The SMILES string of the molecule is CCOC(CC(=O)NNC(=O)Nc1ccc(Cl)cc1)OCC. The van der Waals surface area contributed by atoms with Gasteiger partial charge in [-0.3, -0.25) is 10.2 Å². The zero-order valence-corrected chi connectivity index (χ0v) is 13.3. The van der Waals surface area contributed by atoms with Gasteiger partial charge in [0.1, 0.15) is 0 Å². The van der Waals surface area contributed by atoms with E-state index in [0.29, 0.717) is 23.9 Å². The van der Waals surface area contributed by atoms with E-state index in [-0.39, 0.29) is 6.42 Å². The Bertz CT molecular complexity index is 475. The van der Waals surface area contributed by atoms with Gasteiger partial charge in [-0.2, -0.15) is 0 Å². The number of halogens is 1. The zero-order valence-electron chi connectivity index (χ0n) is 12.5. The molecular weight excluding hydrogens is 310 g/mol. The van der Waals surface area contributed by atoms with Crippen LogP contribution in [0.15, 0.2) is 24.3 Å². The molecule has 0 radical (unpaired) electrons. The molecule has 1 aromatic rings. The summed E-state index contributed by atoms with van der Waals surface area (Å²) in [5, 5.41) is 3.11. The summed E-state index contributed by atoms with van der Waals surface area (Å²) in [4.78, 5) is 23.3. The summed E-state index contributed by atoms with van der Waals surface area (Å²) >= 11 is 5.74. The highest BCUT2D eigenvalue weighted by Gasteiger charge is 2.14. The Labute approximate surface area is 134 Å². The number of amides is 3. The van der Waals surface area contributed by atoms with Crippen molar-refractivity contribution in [3.05, 3.63) is 29.3 Å². The predicted molar refractivity (Wildman–Crippen MR) is 83.4 cm³/mol. The van der Waals surface area contributed by atoms with Crippen molar-refractivity contribution in [2.24, 2.45) is 0 Å². The van der Waals surface area contributed by atoms with Crippen molar-refractivity contribution in [1.82, 2.24) is 10.9 Å². The van der Waals surface area contributed by atoms with Crippen LogP contribution in [0.25, 0.3) is 0 Å². The number of benzene rings is 1. The van der Waals surface area contributed by atoms with Crippen LogP contribution >= 0.6 is 11.6 Å². The van der Waals surface area contributed by atoms with E-state index in [9.17, 15) is 9.59 Å². The number of hydrogen-bond donors (Lipinski definition) is 3. The van der Waals surface area contributed by atoms with Gasteiger partial charge in [0.05, 0.1) is 6.42 Å². The van der Waals surface area contributed by atoms with Gasteiger partial charge < -0.3 is 14.8 Å². The first-order valence-corrected chi connectivity index (χ1v) is 7.27. The fourth-order valence-corrected chi connectivity index (χ4v) is 1.69. The van der Waals surface area contributed by atoms with E-state index in [0.717, 1.165) is 0 Å². The number of anilines is 1. The Kier molecular flexibility index (Phi) is 8.27. The summed E-state index contributed by atoms with van der Waals surface area (Å²) in [6, 6.07) is 6.00. The highest BCUT2D eigenvalue weighted by atomic mass is 35.5. The Morgan fingerprint density at radius 1 is 1.09 bits per heavy atom. The van der Waals surface area contributed by atoms with Gasteiger partial charge in [0, 0.05) is 23.9 Å². The van der Waals surface area contributed by atoms with E-state index < -0.39 is 18.2 Å². The van der Waals surface area contributed by atoms with E-state index >= 15 is 0 Å². The Morgan fingerprint density at radius 3 is 2.23 bits per heavy atom. The van der Waals surface area contributed by atoms with Crippen molar-refractivity contribution in [2.75, 3.05) is 18.5 Å². The highest BCUT2D eigenvalue weighted by molar-refractivity contribution is 6.30. The summed E-state index contributed by atoms with van der Waals surface area (Å²) in [6.07, 6.45) is -0.640. The number of ether oxygens (including phenoxy) is 2. The number of nitrogens with one attached hydrogen (secondary N) is 3.